The maximum absolute atomic E-state index is 12.4. The Balaban J connectivity index is 1.39. The van der Waals surface area contributed by atoms with Gasteiger partial charge in [0.25, 0.3) is 11.8 Å². The van der Waals surface area contributed by atoms with Crippen molar-refractivity contribution in [3.05, 3.63) is 83.7 Å². The lowest BCUT2D eigenvalue weighted by Gasteiger charge is -2.11. The van der Waals surface area contributed by atoms with Crippen molar-refractivity contribution in [1.29, 1.82) is 0 Å². The molecule has 1 heterocycles. The second-order valence-corrected chi connectivity index (χ2v) is 7.22. The van der Waals surface area contributed by atoms with E-state index in [4.69, 9.17) is 30.3 Å². The lowest BCUT2D eigenvalue weighted by molar-refractivity contribution is -0.118. The number of anilines is 1. The Hall–Kier alpha value is -4.04. The molecule has 1 N–H and O–H groups in total. The third-order valence-corrected chi connectivity index (χ3v) is 4.76. The number of hydrogen-bond donors (Lipinski definition) is 1. The van der Waals surface area contributed by atoms with Crippen LogP contribution in [0.3, 0.4) is 0 Å². The summed E-state index contributed by atoms with van der Waals surface area (Å²) in [6.07, 6.45) is 0. The first-order chi connectivity index (χ1) is 16.1. The number of rotatable bonds is 9. The van der Waals surface area contributed by atoms with E-state index < -0.39 is 0 Å². The van der Waals surface area contributed by atoms with Gasteiger partial charge in [0.05, 0.1) is 18.4 Å². The van der Waals surface area contributed by atoms with Gasteiger partial charge in [0.2, 0.25) is 5.82 Å². The van der Waals surface area contributed by atoms with Gasteiger partial charge in [0.15, 0.2) is 13.2 Å². The van der Waals surface area contributed by atoms with Crippen LogP contribution in [-0.4, -0.2) is 29.8 Å². The molecule has 0 aliphatic heterocycles. The summed E-state index contributed by atoms with van der Waals surface area (Å²) in [5, 5.41) is 7.39. The highest BCUT2D eigenvalue weighted by Crippen LogP contribution is 2.28. The van der Waals surface area contributed by atoms with Gasteiger partial charge in [-0.1, -0.05) is 41.0 Å². The van der Waals surface area contributed by atoms with Crippen LogP contribution >= 0.6 is 11.6 Å². The number of amides is 1. The molecular weight excluding hydrogens is 446 g/mol. The molecule has 0 unspecified atom stereocenters. The zero-order valence-corrected chi connectivity index (χ0v) is 18.4. The van der Waals surface area contributed by atoms with Gasteiger partial charge in [0, 0.05) is 5.02 Å². The molecule has 0 aliphatic rings. The molecule has 0 bridgehead atoms. The van der Waals surface area contributed by atoms with E-state index in [1.807, 2.05) is 12.1 Å². The van der Waals surface area contributed by atoms with Gasteiger partial charge in [-0.25, -0.2) is 0 Å². The number of carbonyl (C=O) groups is 1. The third-order valence-electron chi connectivity index (χ3n) is 4.51. The van der Waals surface area contributed by atoms with Crippen LogP contribution in [-0.2, 0) is 11.4 Å². The molecule has 168 valence electrons. The number of ether oxygens (including phenoxy) is 3. The van der Waals surface area contributed by atoms with Crippen LogP contribution in [0.15, 0.2) is 77.3 Å². The molecule has 4 aromatic rings. The first-order valence-electron chi connectivity index (χ1n) is 9.98. The molecule has 4 rings (SSSR count). The summed E-state index contributed by atoms with van der Waals surface area (Å²) in [5.74, 6) is 1.92. The molecule has 3 aromatic carbocycles. The molecule has 0 atom stereocenters. The molecule has 0 spiro atoms. The fraction of sp³-hybridized carbons (Fsp3) is 0.125. The Kier molecular flexibility index (Phi) is 7.06. The van der Waals surface area contributed by atoms with Crippen LogP contribution in [0.25, 0.3) is 11.4 Å². The molecular formula is C24H20ClN3O5. The predicted octanol–water partition coefficient (Wildman–Crippen LogP) is 5.00. The number of carbonyl (C=O) groups excluding carboxylic acids is 1. The van der Waals surface area contributed by atoms with E-state index in [-0.39, 0.29) is 19.1 Å². The fourth-order valence-electron chi connectivity index (χ4n) is 2.95. The van der Waals surface area contributed by atoms with E-state index in [0.29, 0.717) is 45.2 Å². The summed E-state index contributed by atoms with van der Waals surface area (Å²) >= 11 is 5.88. The van der Waals surface area contributed by atoms with Crippen molar-refractivity contribution >= 4 is 23.2 Å². The summed E-state index contributed by atoms with van der Waals surface area (Å²) in [4.78, 5) is 16.7. The number of benzene rings is 3. The van der Waals surface area contributed by atoms with E-state index in [0.717, 1.165) is 0 Å². The van der Waals surface area contributed by atoms with Crippen molar-refractivity contribution in [2.75, 3.05) is 19.0 Å². The maximum Gasteiger partial charge on any atom is 0.264 e. The molecule has 1 aromatic heterocycles. The number of nitrogens with zero attached hydrogens (tertiary/aromatic N) is 2. The molecule has 0 fully saturated rings. The highest BCUT2D eigenvalue weighted by atomic mass is 35.5. The minimum Gasteiger partial charge on any atom is -0.495 e. The van der Waals surface area contributed by atoms with Gasteiger partial charge in [-0.05, 0) is 48.5 Å². The quantitative estimate of drug-likeness (QED) is 0.371. The zero-order chi connectivity index (χ0) is 23.0. The van der Waals surface area contributed by atoms with Crippen molar-refractivity contribution in [1.82, 2.24) is 10.1 Å². The second-order valence-electron chi connectivity index (χ2n) is 6.79. The highest BCUT2D eigenvalue weighted by molar-refractivity contribution is 6.30. The number of aromatic nitrogens is 2. The van der Waals surface area contributed by atoms with Crippen molar-refractivity contribution in [2.45, 2.75) is 6.61 Å². The minimum atomic E-state index is -0.334. The first-order valence-corrected chi connectivity index (χ1v) is 10.4. The minimum absolute atomic E-state index is 0.0962. The Labute approximate surface area is 195 Å². The molecule has 0 saturated carbocycles. The van der Waals surface area contributed by atoms with Crippen molar-refractivity contribution < 1.29 is 23.5 Å². The van der Waals surface area contributed by atoms with Gasteiger partial charge in [0.1, 0.15) is 17.2 Å². The van der Waals surface area contributed by atoms with Crippen LogP contribution in [0.2, 0.25) is 5.02 Å². The van der Waals surface area contributed by atoms with Gasteiger partial charge in [-0.15, -0.1) is 0 Å². The number of halogens is 1. The van der Waals surface area contributed by atoms with Gasteiger partial charge >= 0.3 is 0 Å². The Morgan fingerprint density at radius 1 is 0.970 bits per heavy atom. The average molecular weight is 466 g/mol. The van der Waals surface area contributed by atoms with Crippen LogP contribution in [0, 0.1) is 0 Å². The van der Waals surface area contributed by atoms with Crippen LogP contribution in [0.1, 0.15) is 5.89 Å². The van der Waals surface area contributed by atoms with E-state index in [1.54, 1.807) is 60.7 Å². The standard InChI is InChI=1S/C24H20ClN3O5/c1-30-21-9-5-3-7-19(21)26-22(29)14-32-20-8-4-2-6-18(20)24-27-23(33-28-24)15-31-17-12-10-16(25)11-13-17/h2-13H,14-15H2,1H3,(H,26,29). The maximum atomic E-state index is 12.4. The van der Waals surface area contributed by atoms with Crippen LogP contribution in [0.4, 0.5) is 5.69 Å². The van der Waals surface area contributed by atoms with Crippen molar-refractivity contribution in [2.24, 2.45) is 0 Å². The topological polar surface area (TPSA) is 95.7 Å². The first kappa shape index (κ1) is 22.2. The van der Waals surface area contributed by atoms with Gasteiger partial charge in [-0.3, -0.25) is 4.79 Å². The largest absolute Gasteiger partial charge is 0.495 e. The summed E-state index contributed by atoms with van der Waals surface area (Å²) < 4.78 is 21.9. The molecule has 9 heteroatoms. The Morgan fingerprint density at radius 2 is 1.70 bits per heavy atom. The normalized spacial score (nSPS) is 10.5. The molecule has 0 aliphatic carbocycles. The lowest BCUT2D eigenvalue weighted by Crippen LogP contribution is -2.20. The Bertz CT molecular complexity index is 1230. The molecule has 1 amide bonds. The van der Waals surface area contributed by atoms with Crippen molar-refractivity contribution in [3.63, 3.8) is 0 Å². The zero-order valence-electron chi connectivity index (χ0n) is 17.7. The summed E-state index contributed by atoms with van der Waals surface area (Å²) in [7, 11) is 1.54. The Morgan fingerprint density at radius 3 is 2.48 bits per heavy atom. The highest BCUT2D eigenvalue weighted by Gasteiger charge is 2.15. The fourth-order valence-corrected chi connectivity index (χ4v) is 3.08. The predicted molar refractivity (Wildman–Crippen MR) is 123 cm³/mol. The molecule has 0 radical (unpaired) electrons. The number of nitrogens with one attached hydrogen (secondary N) is 1. The van der Waals surface area contributed by atoms with Gasteiger partial charge < -0.3 is 24.1 Å². The van der Waals surface area contributed by atoms with E-state index in [9.17, 15) is 4.79 Å². The number of para-hydroxylation sites is 3. The van der Waals surface area contributed by atoms with E-state index in [1.165, 1.54) is 7.11 Å². The van der Waals surface area contributed by atoms with Crippen LogP contribution < -0.4 is 19.5 Å². The third kappa shape index (κ3) is 5.81. The summed E-state index contributed by atoms with van der Waals surface area (Å²) in [6, 6.07) is 21.2. The summed E-state index contributed by atoms with van der Waals surface area (Å²) in [6.45, 7) is -0.113. The van der Waals surface area contributed by atoms with Crippen molar-refractivity contribution in [3.8, 4) is 28.6 Å². The monoisotopic (exact) mass is 465 g/mol. The van der Waals surface area contributed by atoms with E-state index >= 15 is 0 Å². The number of methoxy groups -OCH3 is 1. The van der Waals surface area contributed by atoms with Gasteiger partial charge in [-0.2, -0.15) is 4.98 Å². The second kappa shape index (κ2) is 10.5. The molecule has 0 saturated heterocycles. The van der Waals surface area contributed by atoms with Crippen LogP contribution in [0.5, 0.6) is 17.2 Å². The SMILES string of the molecule is COc1ccccc1NC(=O)COc1ccccc1-c1noc(COc2ccc(Cl)cc2)n1. The number of hydrogen-bond acceptors (Lipinski definition) is 7. The smallest absolute Gasteiger partial charge is 0.264 e. The lowest BCUT2D eigenvalue weighted by atomic mass is 10.2. The molecule has 8 nitrogen and oxygen atoms in total. The average Bonchev–Trinajstić information content (AvgIpc) is 3.32. The van der Waals surface area contributed by atoms with E-state index in [2.05, 4.69) is 15.5 Å². The summed E-state index contributed by atoms with van der Waals surface area (Å²) in [5.41, 5.74) is 1.15. The molecule has 33 heavy (non-hydrogen) atoms.